The molecule has 2 heterocycles. The van der Waals surface area contributed by atoms with E-state index in [-0.39, 0.29) is 11.9 Å². The molecule has 0 aliphatic carbocycles. The zero-order chi connectivity index (χ0) is 16.9. The number of H-pyrrole nitrogens is 1. The van der Waals surface area contributed by atoms with Crippen LogP contribution in [-0.2, 0) is 4.79 Å². The summed E-state index contributed by atoms with van der Waals surface area (Å²) in [7, 11) is 0. The van der Waals surface area contributed by atoms with Crippen molar-refractivity contribution >= 4 is 34.7 Å². The number of amides is 1. The second-order valence-electron chi connectivity index (χ2n) is 5.43. The van der Waals surface area contributed by atoms with Crippen molar-refractivity contribution < 1.29 is 4.79 Å². The van der Waals surface area contributed by atoms with Crippen molar-refractivity contribution in [3.8, 4) is 10.7 Å². The molecule has 124 valence electrons. The zero-order valence-corrected chi connectivity index (χ0v) is 15.1. The molecular formula is C17H18N4OS2. The van der Waals surface area contributed by atoms with Crippen molar-refractivity contribution in [1.29, 1.82) is 0 Å². The third kappa shape index (κ3) is 3.85. The lowest BCUT2D eigenvalue weighted by molar-refractivity contribution is -0.116. The fourth-order valence-electron chi connectivity index (χ4n) is 2.35. The minimum atomic E-state index is 0.0451. The number of benzene rings is 1. The lowest BCUT2D eigenvalue weighted by atomic mass is 10.2. The SMILES string of the molecule is CC(C)N(C(=O)CSc1n[nH]c(-c2cccs2)n1)c1ccccc1. The van der Waals surface area contributed by atoms with Gasteiger partial charge < -0.3 is 4.90 Å². The van der Waals surface area contributed by atoms with E-state index in [1.807, 2.05) is 61.7 Å². The van der Waals surface area contributed by atoms with Gasteiger partial charge in [0.05, 0.1) is 10.6 Å². The molecule has 7 heteroatoms. The molecule has 5 nitrogen and oxygen atoms in total. The molecule has 1 N–H and O–H groups in total. The van der Waals surface area contributed by atoms with Gasteiger partial charge in [-0.2, -0.15) is 0 Å². The maximum absolute atomic E-state index is 12.6. The van der Waals surface area contributed by atoms with E-state index in [4.69, 9.17) is 0 Å². The fraction of sp³-hybridized carbons (Fsp3) is 0.235. The van der Waals surface area contributed by atoms with Gasteiger partial charge in [-0.3, -0.25) is 9.89 Å². The predicted octanol–water partition coefficient (Wildman–Crippen LogP) is 4.07. The normalized spacial score (nSPS) is 11.0. The lowest BCUT2D eigenvalue weighted by Crippen LogP contribution is -2.38. The summed E-state index contributed by atoms with van der Waals surface area (Å²) in [5, 5.41) is 9.68. The van der Waals surface area contributed by atoms with Gasteiger partial charge >= 0.3 is 0 Å². The fourth-order valence-corrected chi connectivity index (χ4v) is 3.67. The Morgan fingerprint density at radius 2 is 2.04 bits per heavy atom. The summed E-state index contributed by atoms with van der Waals surface area (Å²) in [6, 6.07) is 13.8. The molecule has 3 aromatic rings. The first-order chi connectivity index (χ1) is 11.6. The van der Waals surface area contributed by atoms with Crippen LogP contribution in [0.25, 0.3) is 10.7 Å². The molecule has 0 atom stereocenters. The number of thiophene rings is 1. The first-order valence-electron chi connectivity index (χ1n) is 7.61. The number of anilines is 1. The van der Waals surface area contributed by atoms with Crippen LogP contribution in [0.5, 0.6) is 0 Å². The molecule has 3 rings (SSSR count). The molecule has 0 unspecified atom stereocenters. The molecular weight excluding hydrogens is 340 g/mol. The van der Waals surface area contributed by atoms with Gasteiger partial charge in [-0.1, -0.05) is 36.0 Å². The highest BCUT2D eigenvalue weighted by Gasteiger charge is 2.19. The molecule has 0 aliphatic heterocycles. The van der Waals surface area contributed by atoms with E-state index in [1.165, 1.54) is 11.8 Å². The number of aromatic amines is 1. The smallest absolute Gasteiger partial charge is 0.237 e. The van der Waals surface area contributed by atoms with Crippen LogP contribution in [0.1, 0.15) is 13.8 Å². The van der Waals surface area contributed by atoms with Crippen LogP contribution < -0.4 is 4.90 Å². The van der Waals surface area contributed by atoms with Gasteiger partial charge in [0.2, 0.25) is 11.1 Å². The summed E-state index contributed by atoms with van der Waals surface area (Å²) in [4.78, 5) is 19.9. The van der Waals surface area contributed by atoms with Gasteiger partial charge in [-0.25, -0.2) is 4.98 Å². The highest BCUT2D eigenvalue weighted by molar-refractivity contribution is 7.99. The Balaban J connectivity index is 1.66. The first kappa shape index (κ1) is 16.7. The highest BCUT2D eigenvalue weighted by Crippen LogP contribution is 2.24. The van der Waals surface area contributed by atoms with Crippen molar-refractivity contribution in [3.63, 3.8) is 0 Å². The van der Waals surface area contributed by atoms with Gasteiger partial charge in [-0.05, 0) is 37.4 Å². The van der Waals surface area contributed by atoms with Gasteiger partial charge in [0.25, 0.3) is 0 Å². The minimum Gasteiger partial charge on any atom is -0.309 e. The summed E-state index contributed by atoms with van der Waals surface area (Å²) in [5.41, 5.74) is 0.910. The standard InChI is InChI=1S/C17H18N4OS2/c1-12(2)21(13-7-4-3-5-8-13)15(22)11-24-17-18-16(19-20-17)14-9-6-10-23-14/h3-10,12H,11H2,1-2H3,(H,18,19,20). The van der Waals surface area contributed by atoms with Crippen molar-refractivity contribution in [2.75, 3.05) is 10.7 Å². The number of thioether (sulfide) groups is 1. The quantitative estimate of drug-likeness (QED) is 0.675. The Hall–Kier alpha value is -2.12. The Morgan fingerprint density at radius 3 is 2.71 bits per heavy atom. The van der Waals surface area contributed by atoms with Gasteiger partial charge in [0.1, 0.15) is 0 Å². The van der Waals surface area contributed by atoms with Gasteiger partial charge in [0.15, 0.2) is 5.82 Å². The lowest BCUT2D eigenvalue weighted by Gasteiger charge is -2.26. The molecule has 0 spiro atoms. The van der Waals surface area contributed by atoms with E-state index in [9.17, 15) is 4.79 Å². The van der Waals surface area contributed by atoms with E-state index < -0.39 is 0 Å². The topological polar surface area (TPSA) is 61.9 Å². The second-order valence-corrected chi connectivity index (χ2v) is 7.32. The summed E-state index contributed by atoms with van der Waals surface area (Å²) >= 11 is 2.95. The molecule has 0 fully saturated rings. The summed E-state index contributed by atoms with van der Waals surface area (Å²) in [5.74, 6) is 1.09. The molecule has 0 bridgehead atoms. The number of nitrogens with zero attached hydrogens (tertiary/aromatic N) is 3. The van der Waals surface area contributed by atoms with Crippen molar-refractivity contribution in [1.82, 2.24) is 15.2 Å². The average Bonchev–Trinajstić information content (AvgIpc) is 3.25. The van der Waals surface area contributed by atoms with Gasteiger partial charge in [0, 0.05) is 11.7 Å². The third-order valence-corrected chi connectivity index (χ3v) is 5.07. The molecule has 0 saturated carbocycles. The third-order valence-electron chi connectivity index (χ3n) is 3.36. The summed E-state index contributed by atoms with van der Waals surface area (Å²) < 4.78 is 0. The van der Waals surface area contributed by atoms with E-state index in [0.717, 1.165) is 16.4 Å². The van der Waals surface area contributed by atoms with Crippen molar-refractivity contribution in [2.45, 2.75) is 25.0 Å². The van der Waals surface area contributed by atoms with Crippen LogP contribution in [-0.4, -0.2) is 32.9 Å². The molecule has 2 aromatic heterocycles. The predicted molar refractivity (Wildman–Crippen MR) is 99.5 cm³/mol. The number of nitrogens with one attached hydrogen (secondary N) is 1. The molecule has 0 radical (unpaired) electrons. The Kier molecular flexibility index (Phi) is 5.32. The van der Waals surface area contributed by atoms with Crippen molar-refractivity contribution in [3.05, 3.63) is 47.8 Å². The Labute approximate surface area is 149 Å². The number of carbonyl (C=O) groups is 1. The Morgan fingerprint density at radius 1 is 1.25 bits per heavy atom. The molecule has 0 saturated heterocycles. The average molecular weight is 358 g/mol. The van der Waals surface area contributed by atoms with Crippen LogP contribution in [0.2, 0.25) is 0 Å². The van der Waals surface area contributed by atoms with E-state index in [0.29, 0.717) is 10.9 Å². The number of para-hydroxylation sites is 1. The number of carbonyl (C=O) groups excluding carboxylic acids is 1. The number of aromatic nitrogens is 3. The summed E-state index contributed by atoms with van der Waals surface area (Å²) in [6.07, 6.45) is 0. The van der Waals surface area contributed by atoms with E-state index in [2.05, 4.69) is 15.2 Å². The van der Waals surface area contributed by atoms with E-state index >= 15 is 0 Å². The molecule has 24 heavy (non-hydrogen) atoms. The number of hydrogen-bond acceptors (Lipinski definition) is 5. The van der Waals surface area contributed by atoms with E-state index in [1.54, 1.807) is 16.2 Å². The second kappa shape index (κ2) is 7.63. The molecule has 1 amide bonds. The monoisotopic (exact) mass is 358 g/mol. The van der Waals surface area contributed by atoms with Crippen molar-refractivity contribution in [2.24, 2.45) is 0 Å². The Bertz CT molecular complexity index is 784. The number of rotatable bonds is 6. The maximum atomic E-state index is 12.6. The molecule has 0 aliphatic rings. The van der Waals surface area contributed by atoms with Gasteiger partial charge in [-0.15, -0.1) is 16.4 Å². The van der Waals surface area contributed by atoms with Crippen LogP contribution in [0, 0.1) is 0 Å². The highest BCUT2D eigenvalue weighted by atomic mass is 32.2. The van der Waals surface area contributed by atoms with Crippen LogP contribution >= 0.6 is 23.1 Å². The van der Waals surface area contributed by atoms with Crippen LogP contribution in [0.3, 0.4) is 0 Å². The maximum Gasteiger partial charge on any atom is 0.237 e. The number of hydrogen-bond donors (Lipinski definition) is 1. The van der Waals surface area contributed by atoms with Crippen LogP contribution in [0.4, 0.5) is 5.69 Å². The first-order valence-corrected chi connectivity index (χ1v) is 9.48. The largest absolute Gasteiger partial charge is 0.309 e. The molecule has 1 aromatic carbocycles. The summed E-state index contributed by atoms with van der Waals surface area (Å²) in [6.45, 7) is 4.02. The minimum absolute atomic E-state index is 0.0451. The van der Waals surface area contributed by atoms with Crippen LogP contribution in [0.15, 0.2) is 53.0 Å². The zero-order valence-electron chi connectivity index (χ0n) is 13.5.